The van der Waals surface area contributed by atoms with E-state index in [0.29, 0.717) is 5.70 Å². The lowest BCUT2D eigenvalue weighted by Crippen LogP contribution is -2.53. The Balaban J connectivity index is 2.41. The minimum absolute atomic E-state index is 0.0114. The SMILES string of the molecule is COC(=O)N1C=C(c2ccccc2)NC(=O)C1C(C)C. The lowest BCUT2D eigenvalue weighted by atomic mass is 9.99. The summed E-state index contributed by atoms with van der Waals surface area (Å²) in [7, 11) is 1.31. The number of methoxy groups -OCH3 is 1. The molecule has 1 aliphatic rings. The number of hydrogen-bond acceptors (Lipinski definition) is 3. The van der Waals surface area contributed by atoms with Gasteiger partial charge in [0.2, 0.25) is 5.91 Å². The molecule has 1 aromatic rings. The van der Waals surface area contributed by atoms with Gasteiger partial charge in [0.1, 0.15) is 6.04 Å². The highest BCUT2D eigenvalue weighted by molar-refractivity contribution is 5.96. The molecular weight excluding hydrogens is 256 g/mol. The van der Waals surface area contributed by atoms with Crippen molar-refractivity contribution in [2.24, 2.45) is 5.92 Å². The lowest BCUT2D eigenvalue weighted by Gasteiger charge is -2.34. The van der Waals surface area contributed by atoms with Crippen molar-refractivity contribution in [1.82, 2.24) is 10.2 Å². The fraction of sp³-hybridized carbons (Fsp3) is 0.333. The maximum atomic E-state index is 12.2. The molecule has 0 fully saturated rings. The predicted octanol–water partition coefficient (Wildman–Crippen LogP) is 2.21. The quantitative estimate of drug-likeness (QED) is 0.899. The van der Waals surface area contributed by atoms with Crippen molar-refractivity contribution >= 4 is 17.7 Å². The van der Waals surface area contributed by atoms with E-state index in [0.717, 1.165) is 5.56 Å². The summed E-state index contributed by atoms with van der Waals surface area (Å²) in [4.78, 5) is 25.5. The van der Waals surface area contributed by atoms with Gasteiger partial charge in [-0.05, 0) is 11.5 Å². The largest absolute Gasteiger partial charge is 0.452 e. The molecule has 1 heterocycles. The van der Waals surface area contributed by atoms with Crippen LogP contribution in [0.5, 0.6) is 0 Å². The Morgan fingerprint density at radius 3 is 2.50 bits per heavy atom. The number of nitrogens with one attached hydrogen (secondary N) is 1. The fourth-order valence-corrected chi connectivity index (χ4v) is 2.24. The molecule has 1 aliphatic heterocycles. The van der Waals surface area contributed by atoms with Crippen LogP contribution in [0.15, 0.2) is 36.5 Å². The van der Waals surface area contributed by atoms with E-state index < -0.39 is 12.1 Å². The van der Waals surface area contributed by atoms with E-state index >= 15 is 0 Å². The fourth-order valence-electron chi connectivity index (χ4n) is 2.24. The van der Waals surface area contributed by atoms with Crippen molar-refractivity contribution < 1.29 is 14.3 Å². The van der Waals surface area contributed by atoms with Crippen molar-refractivity contribution in [2.45, 2.75) is 19.9 Å². The molecule has 2 amide bonds. The highest BCUT2D eigenvalue weighted by atomic mass is 16.5. The average molecular weight is 274 g/mol. The number of rotatable bonds is 2. The van der Waals surface area contributed by atoms with Crippen molar-refractivity contribution in [3.8, 4) is 0 Å². The van der Waals surface area contributed by atoms with Gasteiger partial charge in [0.25, 0.3) is 0 Å². The summed E-state index contributed by atoms with van der Waals surface area (Å²) in [6.07, 6.45) is 1.10. The summed E-state index contributed by atoms with van der Waals surface area (Å²) in [5, 5.41) is 2.85. The molecule has 0 radical (unpaired) electrons. The molecule has 0 spiro atoms. The van der Waals surface area contributed by atoms with Crippen LogP contribution in [0.4, 0.5) is 4.79 Å². The van der Waals surface area contributed by atoms with Gasteiger partial charge in [-0.2, -0.15) is 0 Å². The van der Waals surface area contributed by atoms with Gasteiger partial charge in [-0.3, -0.25) is 9.69 Å². The number of ether oxygens (including phenoxy) is 1. The first-order valence-electron chi connectivity index (χ1n) is 6.49. The Labute approximate surface area is 118 Å². The zero-order chi connectivity index (χ0) is 14.7. The first-order valence-corrected chi connectivity index (χ1v) is 6.49. The highest BCUT2D eigenvalue weighted by Crippen LogP contribution is 2.23. The molecule has 0 bridgehead atoms. The Bertz CT molecular complexity index is 537. The summed E-state index contributed by atoms with van der Waals surface area (Å²) < 4.78 is 4.77. The van der Waals surface area contributed by atoms with Crippen LogP contribution in [-0.2, 0) is 9.53 Å². The molecule has 1 aromatic carbocycles. The molecule has 106 valence electrons. The smallest absolute Gasteiger partial charge is 0.414 e. The van der Waals surface area contributed by atoms with Crippen LogP contribution in [0.25, 0.3) is 5.70 Å². The third kappa shape index (κ3) is 2.66. The number of benzene rings is 1. The third-order valence-electron chi connectivity index (χ3n) is 3.20. The van der Waals surface area contributed by atoms with Gasteiger partial charge in [-0.15, -0.1) is 0 Å². The van der Waals surface area contributed by atoms with Gasteiger partial charge >= 0.3 is 6.09 Å². The molecule has 0 aromatic heterocycles. The second-order valence-electron chi connectivity index (χ2n) is 4.96. The number of carbonyl (C=O) groups is 2. The van der Waals surface area contributed by atoms with Gasteiger partial charge < -0.3 is 10.1 Å². The number of carbonyl (C=O) groups excluding carboxylic acids is 2. The monoisotopic (exact) mass is 274 g/mol. The molecule has 0 aliphatic carbocycles. The second-order valence-corrected chi connectivity index (χ2v) is 4.96. The van der Waals surface area contributed by atoms with Crippen LogP contribution >= 0.6 is 0 Å². The van der Waals surface area contributed by atoms with Crippen molar-refractivity contribution in [2.75, 3.05) is 7.11 Å². The van der Waals surface area contributed by atoms with Gasteiger partial charge in [0.05, 0.1) is 12.8 Å². The molecule has 1 unspecified atom stereocenters. The van der Waals surface area contributed by atoms with Crippen LogP contribution < -0.4 is 5.32 Å². The number of nitrogens with zero attached hydrogens (tertiary/aromatic N) is 1. The van der Waals surface area contributed by atoms with Crippen molar-refractivity contribution in [1.29, 1.82) is 0 Å². The summed E-state index contributed by atoms with van der Waals surface area (Å²) in [6, 6.07) is 8.83. The Morgan fingerprint density at radius 2 is 1.95 bits per heavy atom. The van der Waals surface area contributed by atoms with Gasteiger partial charge in [-0.1, -0.05) is 44.2 Å². The minimum atomic E-state index is -0.560. The molecule has 0 saturated heterocycles. The Kier molecular flexibility index (Phi) is 4.08. The number of hydrogen-bond donors (Lipinski definition) is 1. The van der Waals surface area contributed by atoms with Gasteiger partial charge in [0.15, 0.2) is 0 Å². The maximum Gasteiger partial charge on any atom is 0.414 e. The van der Waals surface area contributed by atoms with E-state index in [2.05, 4.69) is 5.32 Å². The second kappa shape index (κ2) is 5.77. The van der Waals surface area contributed by atoms with Crippen LogP contribution in [0.2, 0.25) is 0 Å². The topological polar surface area (TPSA) is 58.6 Å². The van der Waals surface area contributed by atoms with Gasteiger partial charge in [0, 0.05) is 6.20 Å². The van der Waals surface area contributed by atoms with Crippen LogP contribution in [0.1, 0.15) is 19.4 Å². The van der Waals surface area contributed by atoms with Crippen LogP contribution in [0.3, 0.4) is 0 Å². The summed E-state index contributed by atoms with van der Waals surface area (Å²) >= 11 is 0. The first-order chi connectivity index (χ1) is 9.54. The standard InChI is InChI=1S/C15H18N2O3/c1-10(2)13-14(18)16-12(9-17(13)15(19)20-3)11-7-5-4-6-8-11/h4-10,13H,1-3H3,(H,16,18). The normalized spacial score (nSPS) is 18.6. The number of amides is 2. The summed E-state index contributed by atoms with van der Waals surface area (Å²) in [5.41, 5.74) is 1.44. The zero-order valence-electron chi connectivity index (χ0n) is 11.8. The Morgan fingerprint density at radius 1 is 1.30 bits per heavy atom. The maximum absolute atomic E-state index is 12.2. The third-order valence-corrected chi connectivity index (χ3v) is 3.20. The van der Waals surface area contributed by atoms with Crippen LogP contribution in [0, 0.1) is 5.92 Å². The highest BCUT2D eigenvalue weighted by Gasteiger charge is 2.36. The van der Waals surface area contributed by atoms with E-state index in [1.165, 1.54) is 12.0 Å². The molecule has 2 rings (SSSR count). The molecule has 5 nitrogen and oxygen atoms in total. The molecule has 0 saturated carbocycles. The first kappa shape index (κ1) is 14.1. The van der Waals surface area contributed by atoms with Crippen LogP contribution in [-0.4, -0.2) is 30.1 Å². The molecule has 1 atom stereocenters. The minimum Gasteiger partial charge on any atom is -0.452 e. The molecule has 5 heteroatoms. The lowest BCUT2D eigenvalue weighted by molar-refractivity contribution is -0.125. The van der Waals surface area contributed by atoms with E-state index in [4.69, 9.17) is 4.74 Å². The molecular formula is C15H18N2O3. The van der Waals surface area contributed by atoms with Crippen molar-refractivity contribution in [3.05, 3.63) is 42.1 Å². The van der Waals surface area contributed by atoms with E-state index in [1.807, 2.05) is 44.2 Å². The average Bonchev–Trinajstić information content (AvgIpc) is 2.46. The van der Waals surface area contributed by atoms with E-state index in [9.17, 15) is 9.59 Å². The molecule has 20 heavy (non-hydrogen) atoms. The zero-order valence-corrected chi connectivity index (χ0v) is 11.8. The van der Waals surface area contributed by atoms with E-state index in [-0.39, 0.29) is 11.8 Å². The molecule has 1 N–H and O–H groups in total. The van der Waals surface area contributed by atoms with Gasteiger partial charge in [-0.25, -0.2) is 4.79 Å². The van der Waals surface area contributed by atoms with E-state index in [1.54, 1.807) is 6.20 Å². The Hall–Kier alpha value is -2.30. The predicted molar refractivity (Wildman–Crippen MR) is 75.4 cm³/mol. The van der Waals surface area contributed by atoms with Crippen molar-refractivity contribution in [3.63, 3.8) is 0 Å². The summed E-state index contributed by atoms with van der Waals surface area (Å²) in [6.45, 7) is 3.78. The summed E-state index contributed by atoms with van der Waals surface area (Å²) in [5.74, 6) is -0.213.